The summed E-state index contributed by atoms with van der Waals surface area (Å²) in [7, 11) is 0. The summed E-state index contributed by atoms with van der Waals surface area (Å²) in [5.41, 5.74) is 0. The first-order valence-electron chi connectivity index (χ1n) is 6.18. The van der Waals surface area contributed by atoms with E-state index in [0.29, 0.717) is 17.7 Å². The molecule has 0 aromatic heterocycles. The first-order valence-corrected chi connectivity index (χ1v) is 6.18. The molecule has 3 atom stereocenters. The number of hydrogen-bond donors (Lipinski definition) is 1. The van der Waals surface area contributed by atoms with Gasteiger partial charge in [-0.15, -0.1) is 12.4 Å². The third-order valence-corrected chi connectivity index (χ3v) is 3.95. The SMILES string of the molecule is CC1CN(C(=O)C2CCCNC2)CC1C.Cl. The fourth-order valence-electron chi connectivity index (χ4n) is 2.63. The molecular formula is C12H23ClN2O. The van der Waals surface area contributed by atoms with Crippen LogP contribution in [0.1, 0.15) is 26.7 Å². The largest absolute Gasteiger partial charge is 0.342 e. The molecule has 0 spiro atoms. The average molecular weight is 247 g/mol. The number of nitrogens with one attached hydrogen (secondary N) is 1. The molecule has 0 aliphatic carbocycles. The predicted octanol–water partition coefficient (Wildman–Crippen LogP) is 1.52. The van der Waals surface area contributed by atoms with E-state index in [1.165, 1.54) is 0 Å². The zero-order chi connectivity index (χ0) is 10.8. The van der Waals surface area contributed by atoms with Gasteiger partial charge in [-0.05, 0) is 31.2 Å². The lowest BCUT2D eigenvalue weighted by atomic mass is 9.98. The molecule has 0 bridgehead atoms. The highest BCUT2D eigenvalue weighted by molar-refractivity contribution is 5.85. The van der Waals surface area contributed by atoms with E-state index in [-0.39, 0.29) is 18.3 Å². The Balaban J connectivity index is 0.00000128. The van der Waals surface area contributed by atoms with Crippen LogP contribution in [0.25, 0.3) is 0 Å². The molecule has 2 aliphatic rings. The number of hydrogen-bond acceptors (Lipinski definition) is 2. The lowest BCUT2D eigenvalue weighted by Crippen LogP contribution is -2.42. The van der Waals surface area contributed by atoms with Crippen LogP contribution in [0.2, 0.25) is 0 Å². The second-order valence-corrected chi connectivity index (χ2v) is 5.24. The summed E-state index contributed by atoms with van der Waals surface area (Å²) in [6.45, 7) is 8.40. The van der Waals surface area contributed by atoms with Gasteiger partial charge in [0, 0.05) is 19.6 Å². The Morgan fingerprint density at radius 2 is 1.88 bits per heavy atom. The number of carbonyl (C=O) groups is 1. The van der Waals surface area contributed by atoms with E-state index < -0.39 is 0 Å². The van der Waals surface area contributed by atoms with Crippen LogP contribution in [0.3, 0.4) is 0 Å². The summed E-state index contributed by atoms with van der Waals surface area (Å²) in [4.78, 5) is 14.3. The van der Waals surface area contributed by atoms with Crippen molar-refractivity contribution in [3.05, 3.63) is 0 Å². The van der Waals surface area contributed by atoms with E-state index in [9.17, 15) is 4.79 Å². The second-order valence-electron chi connectivity index (χ2n) is 5.24. The van der Waals surface area contributed by atoms with Crippen LogP contribution >= 0.6 is 12.4 Å². The van der Waals surface area contributed by atoms with E-state index in [4.69, 9.17) is 0 Å². The molecule has 2 fully saturated rings. The van der Waals surface area contributed by atoms with Gasteiger partial charge in [-0.25, -0.2) is 0 Å². The molecule has 0 aromatic rings. The number of amides is 1. The van der Waals surface area contributed by atoms with Gasteiger partial charge >= 0.3 is 0 Å². The fraction of sp³-hybridized carbons (Fsp3) is 0.917. The number of nitrogens with zero attached hydrogens (tertiary/aromatic N) is 1. The maximum Gasteiger partial charge on any atom is 0.226 e. The van der Waals surface area contributed by atoms with Crippen LogP contribution < -0.4 is 5.32 Å². The zero-order valence-corrected chi connectivity index (χ0v) is 11.1. The highest BCUT2D eigenvalue weighted by atomic mass is 35.5. The summed E-state index contributed by atoms with van der Waals surface area (Å²) in [6, 6.07) is 0. The van der Waals surface area contributed by atoms with Gasteiger partial charge < -0.3 is 10.2 Å². The summed E-state index contributed by atoms with van der Waals surface area (Å²) in [6.07, 6.45) is 2.22. The number of rotatable bonds is 1. The third-order valence-electron chi connectivity index (χ3n) is 3.95. The van der Waals surface area contributed by atoms with E-state index >= 15 is 0 Å². The van der Waals surface area contributed by atoms with Crippen LogP contribution in [-0.2, 0) is 4.79 Å². The Hall–Kier alpha value is -0.280. The summed E-state index contributed by atoms with van der Waals surface area (Å²) < 4.78 is 0. The lowest BCUT2D eigenvalue weighted by Gasteiger charge is -2.26. The first-order chi connectivity index (χ1) is 7.18. The van der Waals surface area contributed by atoms with Gasteiger partial charge in [-0.2, -0.15) is 0 Å². The Labute approximate surface area is 104 Å². The van der Waals surface area contributed by atoms with Gasteiger partial charge in [0.25, 0.3) is 0 Å². The highest BCUT2D eigenvalue weighted by Gasteiger charge is 2.33. The fourth-order valence-corrected chi connectivity index (χ4v) is 2.63. The minimum atomic E-state index is 0. The van der Waals surface area contributed by atoms with Gasteiger partial charge in [0.2, 0.25) is 5.91 Å². The van der Waals surface area contributed by atoms with Crippen LogP contribution in [-0.4, -0.2) is 37.0 Å². The highest BCUT2D eigenvalue weighted by Crippen LogP contribution is 2.25. The van der Waals surface area contributed by atoms with Crippen molar-refractivity contribution in [2.75, 3.05) is 26.2 Å². The van der Waals surface area contributed by atoms with Crippen molar-refractivity contribution in [1.29, 1.82) is 0 Å². The molecule has 2 rings (SSSR count). The van der Waals surface area contributed by atoms with Crippen molar-refractivity contribution in [3.63, 3.8) is 0 Å². The minimum Gasteiger partial charge on any atom is -0.342 e. The quantitative estimate of drug-likeness (QED) is 0.761. The van der Waals surface area contributed by atoms with Crippen molar-refractivity contribution in [2.24, 2.45) is 17.8 Å². The average Bonchev–Trinajstić information content (AvgIpc) is 2.59. The first kappa shape index (κ1) is 13.8. The standard InChI is InChI=1S/C12H22N2O.ClH/c1-9-7-14(8-10(9)2)12(15)11-4-3-5-13-6-11;/h9-11,13H,3-8H2,1-2H3;1H. The van der Waals surface area contributed by atoms with Gasteiger partial charge in [0.1, 0.15) is 0 Å². The molecule has 1 amide bonds. The molecular weight excluding hydrogens is 224 g/mol. The monoisotopic (exact) mass is 246 g/mol. The molecule has 16 heavy (non-hydrogen) atoms. The maximum absolute atomic E-state index is 12.2. The molecule has 1 N–H and O–H groups in total. The summed E-state index contributed by atoms with van der Waals surface area (Å²) in [5.74, 6) is 1.98. The van der Waals surface area contributed by atoms with E-state index in [1.54, 1.807) is 0 Å². The molecule has 0 saturated carbocycles. The van der Waals surface area contributed by atoms with Crippen LogP contribution in [0.15, 0.2) is 0 Å². The molecule has 4 heteroatoms. The van der Waals surface area contributed by atoms with Crippen molar-refractivity contribution in [2.45, 2.75) is 26.7 Å². The Morgan fingerprint density at radius 1 is 1.25 bits per heavy atom. The maximum atomic E-state index is 12.2. The molecule has 2 heterocycles. The molecule has 0 aromatic carbocycles. The van der Waals surface area contributed by atoms with Crippen LogP contribution in [0, 0.1) is 17.8 Å². The Kier molecular flexibility index (Phi) is 5.06. The molecule has 0 radical (unpaired) electrons. The molecule has 2 saturated heterocycles. The second kappa shape index (κ2) is 5.87. The summed E-state index contributed by atoms with van der Waals surface area (Å²) in [5, 5.41) is 3.31. The molecule has 94 valence electrons. The smallest absolute Gasteiger partial charge is 0.226 e. The molecule has 2 aliphatic heterocycles. The van der Waals surface area contributed by atoms with Crippen molar-refractivity contribution in [1.82, 2.24) is 10.2 Å². The van der Waals surface area contributed by atoms with Gasteiger partial charge in [-0.1, -0.05) is 13.8 Å². The number of likely N-dealkylation sites (tertiary alicyclic amines) is 1. The molecule has 3 nitrogen and oxygen atoms in total. The topological polar surface area (TPSA) is 32.3 Å². The lowest BCUT2D eigenvalue weighted by molar-refractivity contribution is -0.135. The van der Waals surface area contributed by atoms with Crippen molar-refractivity contribution < 1.29 is 4.79 Å². The molecule has 3 unspecified atom stereocenters. The predicted molar refractivity (Wildman–Crippen MR) is 67.7 cm³/mol. The van der Waals surface area contributed by atoms with Crippen molar-refractivity contribution >= 4 is 18.3 Å². The Morgan fingerprint density at radius 3 is 2.38 bits per heavy atom. The van der Waals surface area contributed by atoms with E-state index in [1.807, 2.05) is 0 Å². The zero-order valence-electron chi connectivity index (χ0n) is 10.2. The van der Waals surface area contributed by atoms with Gasteiger partial charge in [-0.3, -0.25) is 4.79 Å². The normalized spacial score (nSPS) is 34.6. The van der Waals surface area contributed by atoms with Crippen LogP contribution in [0.4, 0.5) is 0 Å². The summed E-state index contributed by atoms with van der Waals surface area (Å²) >= 11 is 0. The minimum absolute atomic E-state index is 0. The van der Waals surface area contributed by atoms with E-state index in [2.05, 4.69) is 24.1 Å². The van der Waals surface area contributed by atoms with Crippen molar-refractivity contribution in [3.8, 4) is 0 Å². The van der Waals surface area contributed by atoms with Crippen LogP contribution in [0.5, 0.6) is 0 Å². The van der Waals surface area contributed by atoms with Gasteiger partial charge in [0.15, 0.2) is 0 Å². The third kappa shape index (κ3) is 2.89. The Bertz CT molecular complexity index is 231. The number of halogens is 1. The number of piperidine rings is 1. The van der Waals surface area contributed by atoms with Gasteiger partial charge in [0.05, 0.1) is 5.92 Å². The number of carbonyl (C=O) groups excluding carboxylic acids is 1. The van der Waals surface area contributed by atoms with E-state index in [0.717, 1.165) is 39.0 Å².